The smallest absolute Gasteiger partial charge is 0.161 e. The van der Waals surface area contributed by atoms with Crippen molar-refractivity contribution in [3.8, 4) is 17.2 Å². The Morgan fingerprint density at radius 1 is 0.852 bits per heavy atom. The van der Waals surface area contributed by atoms with Crippen LogP contribution in [0.15, 0.2) is 60.7 Å². The van der Waals surface area contributed by atoms with E-state index in [-0.39, 0.29) is 5.75 Å². The summed E-state index contributed by atoms with van der Waals surface area (Å²) in [5.74, 6) is 1.54. The van der Waals surface area contributed by atoms with Crippen LogP contribution in [0.5, 0.6) is 17.2 Å². The fourth-order valence-electron chi connectivity index (χ4n) is 2.52. The first-order chi connectivity index (χ1) is 13.0. The van der Waals surface area contributed by atoms with Gasteiger partial charge in [-0.1, -0.05) is 35.3 Å². The molecular weight excluding hydrogens is 385 g/mol. The van der Waals surface area contributed by atoms with Gasteiger partial charge >= 0.3 is 0 Å². The molecule has 140 valence electrons. The van der Waals surface area contributed by atoms with E-state index in [9.17, 15) is 5.11 Å². The number of aromatic hydroxyl groups is 1. The van der Waals surface area contributed by atoms with Gasteiger partial charge in [-0.05, 0) is 59.7 Å². The fraction of sp³-hybridized carbons (Fsp3) is 0.143. The van der Waals surface area contributed by atoms with Gasteiger partial charge in [0.25, 0.3) is 0 Å². The molecule has 3 aromatic rings. The summed E-state index contributed by atoms with van der Waals surface area (Å²) in [5, 5.41) is 13.6. The summed E-state index contributed by atoms with van der Waals surface area (Å²) in [6, 6.07) is 18.1. The summed E-state index contributed by atoms with van der Waals surface area (Å²) in [5.41, 5.74) is 2.89. The van der Waals surface area contributed by atoms with E-state index < -0.39 is 0 Å². The van der Waals surface area contributed by atoms with Crippen molar-refractivity contribution in [1.29, 1.82) is 0 Å². The molecule has 0 aliphatic heterocycles. The van der Waals surface area contributed by atoms with Crippen LogP contribution in [0.2, 0.25) is 10.0 Å². The maximum atomic E-state index is 9.33. The van der Waals surface area contributed by atoms with Gasteiger partial charge in [-0.15, -0.1) is 0 Å². The predicted molar refractivity (Wildman–Crippen MR) is 109 cm³/mol. The lowest BCUT2D eigenvalue weighted by Crippen LogP contribution is -2.01. The number of phenols is 1. The van der Waals surface area contributed by atoms with Crippen molar-refractivity contribution in [3.63, 3.8) is 0 Å². The quantitative estimate of drug-likeness (QED) is 0.482. The Labute approximate surface area is 168 Å². The summed E-state index contributed by atoms with van der Waals surface area (Å²) in [4.78, 5) is 0. The maximum absolute atomic E-state index is 9.33. The number of phenolic OH excluding ortho intramolecular Hbond substituents is 1. The maximum Gasteiger partial charge on any atom is 0.161 e. The number of halogens is 2. The van der Waals surface area contributed by atoms with E-state index in [0.29, 0.717) is 34.7 Å². The third-order valence-electron chi connectivity index (χ3n) is 3.97. The second kappa shape index (κ2) is 8.89. The predicted octanol–water partition coefficient (Wildman–Crippen LogP) is 5.90. The van der Waals surface area contributed by atoms with E-state index in [4.69, 9.17) is 32.7 Å². The second-order valence-corrected chi connectivity index (χ2v) is 6.74. The Kier molecular flexibility index (Phi) is 6.32. The number of anilines is 1. The lowest BCUT2D eigenvalue weighted by molar-refractivity contribution is 0.284. The zero-order valence-corrected chi connectivity index (χ0v) is 16.2. The standard InChI is InChI=1S/C21H19Cl2NO3/c1-26-21-11-14(12-24-16-4-6-17(25)7-5-16)3-9-20(21)27-13-15-2-8-18(22)19(23)10-15/h2-11,24-25H,12-13H2,1H3. The van der Waals surface area contributed by atoms with Gasteiger partial charge < -0.3 is 19.9 Å². The van der Waals surface area contributed by atoms with Crippen molar-refractivity contribution in [2.45, 2.75) is 13.2 Å². The van der Waals surface area contributed by atoms with E-state index in [1.54, 1.807) is 31.4 Å². The molecule has 0 atom stereocenters. The Hall–Kier alpha value is -2.56. The molecule has 3 aromatic carbocycles. The first-order valence-electron chi connectivity index (χ1n) is 8.31. The summed E-state index contributed by atoms with van der Waals surface area (Å²) in [6.45, 7) is 0.979. The third-order valence-corrected chi connectivity index (χ3v) is 4.71. The number of methoxy groups -OCH3 is 1. The van der Waals surface area contributed by atoms with Crippen LogP contribution in [0.1, 0.15) is 11.1 Å². The van der Waals surface area contributed by atoms with E-state index >= 15 is 0 Å². The minimum Gasteiger partial charge on any atom is -0.508 e. The summed E-state index contributed by atoms with van der Waals surface area (Å²) in [6.07, 6.45) is 0. The van der Waals surface area contributed by atoms with Gasteiger partial charge in [0.1, 0.15) is 12.4 Å². The van der Waals surface area contributed by atoms with Gasteiger partial charge in [-0.3, -0.25) is 0 Å². The van der Waals surface area contributed by atoms with Gasteiger partial charge in [-0.25, -0.2) is 0 Å². The van der Waals surface area contributed by atoms with Crippen LogP contribution in [-0.2, 0) is 13.2 Å². The Balaban J connectivity index is 1.64. The lowest BCUT2D eigenvalue weighted by Gasteiger charge is -2.13. The van der Waals surface area contributed by atoms with Crippen molar-refractivity contribution < 1.29 is 14.6 Å². The molecule has 0 unspecified atom stereocenters. The molecule has 0 spiro atoms. The van der Waals surface area contributed by atoms with E-state index in [2.05, 4.69) is 5.32 Å². The minimum absolute atomic E-state index is 0.241. The number of nitrogens with one attached hydrogen (secondary N) is 1. The minimum atomic E-state index is 0.241. The van der Waals surface area contributed by atoms with Gasteiger partial charge in [0.15, 0.2) is 11.5 Å². The molecule has 0 aliphatic carbocycles. The van der Waals surface area contributed by atoms with Crippen LogP contribution in [0.25, 0.3) is 0 Å². The average Bonchev–Trinajstić information content (AvgIpc) is 2.68. The van der Waals surface area contributed by atoms with E-state index in [1.807, 2.05) is 36.4 Å². The highest BCUT2D eigenvalue weighted by atomic mass is 35.5. The van der Waals surface area contributed by atoms with Gasteiger partial charge in [-0.2, -0.15) is 0 Å². The average molecular weight is 404 g/mol. The first-order valence-corrected chi connectivity index (χ1v) is 9.07. The van der Waals surface area contributed by atoms with Gasteiger partial charge in [0.05, 0.1) is 17.2 Å². The molecule has 0 aromatic heterocycles. The normalized spacial score (nSPS) is 10.5. The summed E-state index contributed by atoms with van der Waals surface area (Å²) >= 11 is 12.0. The van der Waals surface area contributed by atoms with Crippen LogP contribution < -0.4 is 14.8 Å². The number of hydrogen-bond donors (Lipinski definition) is 2. The zero-order chi connectivity index (χ0) is 19.2. The Morgan fingerprint density at radius 3 is 2.30 bits per heavy atom. The van der Waals surface area contributed by atoms with Crippen molar-refractivity contribution in [2.75, 3.05) is 12.4 Å². The lowest BCUT2D eigenvalue weighted by atomic mass is 10.2. The topological polar surface area (TPSA) is 50.7 Å². The van der Waals surface area contributed by atoms with E-state index in [1.165, 1.54) is 0 Å². The molecular formula is C21H19Cl2NO3. The third kappa shape index (κ3) is 5.22. The highest BCUT2D eigenvalue weighted by Crippen LogP contribution is 2.30. The molecule has 0 saturated carbocycles. The molecule has 2 N–H and O–H groups in total. The Morgan fingerprint density at radius 2 is 1.59 bits per heavy atom. The van der Waals surface area contributed by atoms with Gasteiger partial charge in [0.2, 0.25) is 0 Å². The molecule has 0 amide bonds. The number of hydrogen-bond acceptors (Lipinski definition) is 4. The van der Waals surface area contributed by atoms with Crippen LogP contribution in [0.4, 0.5) is 5.69 Å². The summed E-state index contributed by atoms with van der Waals surface area (Å²) < 4.78 is 11.3. The van der Waals surface area contributed by atoms with Crippen LogP contribution in [0.3, 0.4) is 0 Å². The SMILES string of the molecule is COc1cc(CNc2ccc(O)cc2)ccc1OCc1ccc(Cl)c(Cl)c1. The monoisotopic (exact) mass is 403 g/mol. The Bertz CT molecular complexity index is 914. The summed E-state index contributed by atoms with van der Waals surface area (Å²) in [7, 11) is 1.61. The highest BCUT2D eigenvalue weighted by molar-refractivity contribution is 6.42. The van der Waals surface area contributed by atoms with Crippen LogP contribution in [0, 0.1) is 0 Å². The highest BCUT2D eigenvalue weighted by Gasteiger charge is 2.07. The van der Waals surface area contributed by atoms with Gasteiger partial charge in [0, 0.05) is 12.2 Å². The van der Waals surface area contributed by atoms with Crippen molar-refractivity contribution in [2.24, 2.45) is 0 Å². The molecule has 0 aliphatic rings. The van der Waals surface area contributed by atoms with Crippen molar-refractivity contribution in [3.05, 3.63) is 81.8 Å². The van der Waals surface area contributed by atoms with Crippen LogP contribution >= 0.6 is 23.2 Å². The molecule has 0 radical (unpaired) electrons. The molecule has 4 nitrogen and oxygen atoms in total. The fourth-order valence-corrected chi connectivity index (χ4v) is 2.84. The van der Waals surface area contributed by atoms with Crippen molar-refractivity contribution in [1.82, 2.24) is 0 Å². The molecule has 0 saturated heterocycles. The largest absolute Gasteiger partial charge is 0.508 e. The molecule has 3 rings (SSSR count). The molecule has 0 heterocycles. The number of rotatable bonds is 7. The number of ether oxygens (including phenoxy) is 2. The zero-order valence-electron chi connectivity index (χ0n) is 14.7. The molecule has 27 heavy (non-hydrogen) atoms. The molecule has 0 fully saturated rings. The number of benzene rings is 3. The van der Waals surface area contributed by atoms with Crippen LogP contribution in [-0.4, -0.2) is 12.2 Å². The molecule has 0 bridgehead atoms. The first kappa shape index (κ1) is 19.2. The van der Waals surface area contributed by atoms with Crippen molar-refractivity contribution >= 4 is 28.9 Å². The van der Waals surface area contributed by atoms with E-state index in [0.717, 1.165) is 16.8 Å². The second-order valence-electron chi connectivity index (χ2n) is 5.92. The molecule has 6 heteroatoms.